The average molecular weight is 391 g/mol. The lowest BCUT2D eigenvalue weighted by atomic mass is 10.1. The third kappa shape index (κ3) is 4.78. The molecule has 0 atom stereocenters. The number of aliphatic imine (C=N–C) groups is 1. The largest absolute Gasteiger partial charge is 0.395 e. The van der Waals surface area contributed by atoms with Gasteiger partial charge in [-0.2, -0.15) is 5.26 Å². The molecule has 0 saturated heterocycles. The molecule has 0 unspecified atom stereocenters. The van der Waals surface area contributed by atoms with Crippen molar-refractivity contribution >= 4 is 29.0 Å². The minimum atomic E-state index is -0.306. The Balaban J connectivity index is 1.59. The minimum absolute atomic E-state index is 0.00553. The molecule has 3 rings (SSSR count). The number of benzene rings is 2. The topological polar surface area (TPSA) is 132 Å². The van der Waals surface area contributed by atoms with Crippen LogP contribution in [0.15, 0.2) is 47.5 Å². The maximum Gasteiger partial charge on any atom is 0.227 e. The van der Waals surface area contributed by atoms with Crippen LogP contribution in [0, 0.1) is 11.3 Å². The van der Waals surface area contributed by atoms with Gasteiger partial charge in [-0.15, -0.1) is 0 Å². The highest BCUT2D eigenvalue weighted by atomic mass is 16.3. The summed E-state index contributed by atoms with van der Waals surface area (Å²) in [5.41, 5.74) is 9.16. The van der Waals surface area contributed by atoms with Crippen LogP contribution in [0.3, 0.4) is 0 Å². The summed E-state index contributed by atoms with van der Waals surface area (Å²) in [4.78, 5) is 30.4. The molecular weight excluding hydrogens is 370 g/mol. The fourth-order valence-electron chi connectivity index (χ4n) is 3.13. The summed E-state index contributed by atoms with van der Waals surface area (Å²) in [5, 5.41) is 21.1. The molecule has 0 bridgehead atoms. The lowest BCUT2D eigenvalue weighted by Crippen LogP contribution is -2.34. The Morgan fingerprint density at radius 1 is 1.24 bits per heavy atom. The van der Waals surface area contributed by atoms with E-state index < -0.39 is 0 Å². The van der Waals surface area contributed by atoms with E-state index in [1.165, 1.54) is 4.90 Å². The van der Waals surface area contributed by atoms with E-state index in [4.69, 9.17) is 11.0 Å². The van der Waals surface area contributed by atoms with Crippen LogP contribution in [0.1, 0.15) is 29.5 Å². The predicted octanol–water partition coefficient (Wildman–Crippen LogP) is 1.52. The molecule has 8 heteroatoms. The van der Waals surface area contributed by atoms with E-state index in [2.05, 4.69) is 10.3 Å². The van der Waals surface area contributed by atoms with Crippen molar-refractivity contribution in [3.05, 3.63) is 59.2 Å². The molecule has 29 heavy (non-hydrogen) atoms. The van der Waals surface area contributed by atoms with Gasteiger partial charge in [0.25, 0.3) is 0 Å². The summed E-state index contributed by atoms with van der Waals surface area (Å²) in [6.45, 7) is 0.345. The number of rotatable bonds is 7. The van der Waals surface area contributed by atoms with Crippen molar-refractivity contribution in [1.29, 1.82) is 5.26 Å². The number of amidine groups is 1. The molecule has 0 aromatic heterocycles. The molecule has 4 N–H and O–H groups in total. The quantitative estimate of drug-likeness (QED) is 0.658. The highest BCUT2D eigenvalue weighted by Crippen LogP contribution is 2.22. The minimum Gasteiger partial charge on any atom is -0.395 e. The zero-order chi connectivity index (χ0) is 20.8. The smallest absolute Gasteiger partial charge is 0.227 e. The number of nitriles is 1. The Labute approximate surface area is 168 Å². The van der Waals surface area contributed by atoms with E-state index >= 15 is 0 Å². The van der Waals surface area contributed by atoms with E-state index in [-0.39, 0.29) is 37.8 Å². The Kier molecular flexibility index (Phi) is 6.22. The van der Waals surface area contributed by atoms with Crippen LogP contribution < -0.4 is 16.0 Å². The van der Waals surface area contributed by atoms with E-state index in [0.717, 1.165) is 11.1 Å². The van der Waals surface area contributed by atoms with Gasteiger partial charge in [0.05, 0.1) is 24.8 Å². The van der Waals surface area contributed by atoms with Crippen LogP contribution in [0.5, 0.6) is 0 Å². The third-order valence-corrected chi connectivity index (χ3v) is 4.56. The Morgan fingerprint density at radius 3 is 2.83 bits per heavy atom. The first-order valence-electron chi connectivity index (χ1n) is 9.16. The number of nitrogens with one attached hydrogen (secondary N) is 1. The van der Waals surface area contributed by atoms with Crippen LogP contribution in [0.2, 0.25) is 0 Å². The van der Waals surface area contributed by atoms with Crippen molar-refractivity contribution in [2.24, 2.45) is 10.7 Å². The Hall–Kier alpha value is -3.70. The summed E-state index contributed by atoms with van der Waals surface area (Å²) < 4.78 is 0. The van der Waals surface area contributed by atoms with Crippen molar-refractivity contribution < 1.29 is 14.7 Å². The fraction of sp³-hybridized carbons (Fsp3) is 0.238. The summed E-state index contributed by atoms with van der Waals surface area (Å²) in [7, 11) is 0. The van der Waals surface area contributed by atoms with Gasteiger partial charge in [-0.05, 0) is 42.0 Å². The lowest BCUT2D eigenvalue weighted by molar-refractivity contribution is -0.122. The fourth-order valence-corrected chi connectivity index (χ4v) is 3.13. The number of carbonyl (C=O) groups is 2. The Morgan fingerprint density at radius 2 is 2.07 bits per heavy atom. The van der Waals surface area contributed by atoms with Gasteiger partial charge in [-0.1, -0.05) is 6.07 Å². The third-order valence-electron chi connectivity index (χ3n) is 4.56. The number of carbonyl (C=O) groups excluding carboxylic acids is 2. The van der Waals surface area contributed by atoms with Crippen LogP contribution >= 0.6 is 0 Å². The van der Waals surface area contributed by atoms with Gasteiger partial charge in [0, 0.05) is 36.3 Å². The van der Waals surface area contributed by atoms with Crippen LogP contribution in [-0.2, 0) is 16.1 Å². The summed E-state index contributed by atoms with van der Waals surface area (Å²) in [6, 6.07) is 14.0. The summed E-state index contributed by atoms with van der Waals surface area (Å²) in [5.74, 6) is -0.104. The molecule has 8 nitrogen and oxygen atoms in total. The number of aliphatic hydroxyl groups is 1. The second-order valence-corrected chi connectivity index (χ2v) is 6.55. The molecule has 0 spiro atoms. The van der Waals surface area contributed by atoms with E-state index in [0.29, 0.717) is 29.3 Å². The number of amides is 2. The number of hydrogen-bond donors (Lipinski definition) is 3. The molecule has 148 valence electrons. The van der Waals surface area contributed by atoms with Crippen LogP contribution in [0.25, 0.3) is 0 Å². The van der Waals surface area contributed by atoms with E-state index in [1.54, 1.807) is 30.3 Å². The normalized spacial score (nSPS) is 11.9. The van der Waals surface area contributed by atoms with Gasteiger partial charge >= 0.3 is 0 Å². The van der Waals surface area contributed by atoms with Crippen molar-refractivity contribution in [2.75, 3.05) is 23.4 Å². The van der Waals surface area contributed by atoms with Gasteiger partial charge in [0.2, 0.25) is 11.8 Å². The number of nitrogens with two attached hydrogens (primary N) is 1. The van der Waals surface area contributed by atoms with Crippen molar-refractivity contribution in [1.82, 2.24) is 0 Å². The molecule has 0 radical (unpaired) electrons. The number of fused-ring (bicyclic) bond motifs is 1. The van der Waals surface area contributed by atoms with Gasteiger partial charge in [0.1, 0.15) is 5.84 Å². The number of hydrogen-bond acceptors (Lipinski definition) is 6. The molecule has 0 saturated carbocycles. The monoisotopic (exact) mass is 391 g/mol. The highest BCUT2D eigenvalue weighted by Gasteiger charge is 2.18. The molecule has 2 amide bonds. The maximum absolute atomic E-state index is 12.6. The lowest BCUT2D eigenvalue weighted by Gasteiger charge is -2.22. The van der Waals surface area contributed by atoms with Crippen LogP contribution in [0.4, 0.5) is 11.4 Å². The molecule has 1 aliphatic rings. The van der Waals surface area contributed by atoms with Crippen LogP contribution in [-0.4, -0.2) is 35.9 Å². The first kappa shape index (κ1) is 20.0. The molecule has 1 heterocycles. The van der Waals surface area contributed by atoms with E-state index in [9.17, 15) is 14.7 Å². The van der Waals surface area contributed by atoms with E-state index in [1.807, 2.05) is 18.2 Å². The summed E-state index contributed by atoms with van der Waals surface area (Å²) in [6.07, 6.45) is -0.0297. The molecule has 2 aromatic carbocycles. The number of aliphatic hydroxyl groups excluding tert-OH is 1. The van der Waals surface area contributed by atoms with Gasteiger partial charge in [-0.25, -0.2) is 0 Å². The van der Waals surface area contributed by atoms with Gasteiger partial charge in [-0.3, -0.25) is 14.6 Å². The molecular formula is C21H21N5O3. The van der Waals surface area contributed by atoms with Gasteiger partial charge < -0.3 is 21.1 Å². The number of anilines is 2. The first-order valence-corrected chi connectivity index (χ1v) is 9.16. The average Bonchev–Trinajstić information content (AvgIpc) is 3.10. The zero-order valence-electron chi connectivity index (χ0n) is 15.8. The molecule has 1 aliphatic heterocycles. The SMILES string of the molecule is N#Cc1cccc(N(CCO)C(=O)CCC(=O)Nc2ccc3c(c2)CN=C3N)c1. The van der Waals surface area contributed by atoms with Crippen molar-refractivity contribution in [3.63, 3.8) is 0 Å². The standard InChI is InChI=1S/C21H21N5O3/c22-12-14-2-1-3-17(10-14)26(8-9-27)20(29)7-6-19(28)25-16-4-5-18-15(11-16)13-24-21(18)23/h1-5,10-11,27H,6-9,13H2,(H2,23,24)(H,25,28). The number of nitrogens with zero attached hydrogens (tertiary/aromatic N) is 3. The van der Waals surface area contributed by atoms with Crippen molar-refractivity contribution in [3.8, 4) is 6.07 Å². The molecule has 2 aromatic rings. The van der Waals surface area contributed by atoms with Crippen molar-refractivity contribution in [2.45, 2.75) is 19.4 Å². The highest BCUT2D eigenvalue weighted by molar-refractivity contribution is 6.02. The predicted molar refractivity (Wildman–Crippen MR) is 109 cm³/mol. The molecule has 0 aliphatic carbocycles. The first-order chi connectivity index (χ1) is 14.0. The van der Waals surface area contributed by atoms with Gasteiger partial charge in [0.15, 0.2) is 0 Å². The second-order valence-electron chi connectivity index (χ2n) is 6.55. The summed E-state index contributed by atoms with van der Waals surface area (Å²) >= 11 is 0. The maximum atomic E-state index is 12.6. The molecule has 0 fully saturated rings. The zero-order valence-corrected chi connectivity index (χ0v) is 15.8. The Bertz CT molecular complexity index is 1010. The second kappa shape index (κ2) is 8.99.